The van der Waals surface area contributed by atoms with Crippen LogP contribution in [0.15, 0.2) is 60.7 Å². The Kier molecular flexibility index (Phi) is 7.27. The first kappa shape index (κ1) is 21.2. The predicted octanol–water partition coefficient (Wildman–Crippen LogP) is 4.11. The summed E-state index contributed by atoms with van der Waals surface area (Å²) in [4.78, 5) is 24.5. The van der Waals surface area contributed by atoms with Gasteiger partial charge in [0.1, 0.15) is 13.2 Å². The summed E-state index contributed by atoms with van der Waals surface area (Å²) in [5.41, 5.74) is 1.30. The van der Waals surface area contributed by atoms with Crippen LogP contribution in [0.3, 0.4) is 0 Å². The molecule has 0 aromatic heterocycles. The predicted molar refractivity (Wildman–Crippen MR) is 115 cm³/mol. The van der Waals surface area contributed by atoms with Gasteiger partial charge < -0.3 is 19.5 Å². The number of nitrogens with one attached hydrogen (secondary N) is 1. The summed E-state index contributed by atoms with van der Waals surface area (Å²) in [6.07, 6.45) is 0. The number of hydrogen-bond donors (Lipinski definition) is 1. The zero-order chi connectivity index (χ0) is 21.3. The first-order valence-electron chi connectivity index (χ1n) is 9.92. The summed E-state index contributed by atoms with van der Waals surface area (Å²) in [6.45, 7) is 4.60. The van der Waals surface area contributed by atoms with Gasteiger partial charge in [0.05, 0.1) is 13.2 Å². The Morgan fingerprint density at radius 1 is 0.867 bits per heavy atom. The summed E-state index contributed by atoms with van der Waals surface area (Å²) in [5, 5.41) is 4.70. The smallest absolute Gasteiger partial charge is 0.325 e. The van der Waals surface area contributed by atoms with E-state index in [0.717, 1.165) is 16.3 Å². The highest BCUT2D eigenvalue weighted by Gasteiger charge is 2.13. The monoisotopic (exact) mass is 407 g/mol. The van der Waals surface area contributed by atoms with Crippen molar-refractivity contribution in [2.75, 3.05) is 19.8 Å². The van der Waals surface area contributed by atoms with E-state index >= 15 is 0 Å². The van der Waals surface area contributed by atoms with E-state index in [4.69, 9.17) is 14.2 Å². The summed E-state index contributed by atoms with van der Waals surface area (Å²) >= 11 is 0. The molecule has 0 atom stereocenters. The maximum absolute atomic E-state index is 12.4. The molecule has 3 aromatic carbocycles. The van der Waals surface area contributed by atoms with E-state index in [0.29, 0.717) is 30.3 Å². The van der Waals surface area contributed by atoms with Crippen molar-refractivity contribution < 1.29 is 23.8 Å². The van der Waals surface area contributed by atoms with Crippen LogP contribution in [0, 0.1) is 0 Å². The average molecular weight is 407 g/mol. The fourth-order valence-corrected chi connectivity index (χ4v) is 3.07. The van der Waals surface area contributed by atoms with Gasteiger partial charge >= 0.3 is 5.97 Å². The summed E-state index contributed by atoms with van der Waals surface area (Å²) in [6, 6.07) is 18.7. The minimum Gasteiger partial charge on any atom is -0.490 e. The molecule has 0 aliphatic heterocycles. The van der Waals surface area contributed by atoms with Crippen LogP contribution in [0.1, 0.15) is 29.8 Å². The molecule has 1 amide bonds. The Balaban J connectivity index is 1.56. The molecule has 30 heavy (non-hydrogen) atoms. The largest absolute Gasteiger partial charge is 0.490 e. The van der Waals surface area contributed by atoms with Gasteiger partial charge in [-0.15, -0.1) is 0 Å². The molecule has 0 saturated heterocycles. The number of benzene rings is 3. The molecular weight excluding hydrogens is 382 g/mol. The van der Waals surface area contributed by atoms with Gasteiger partial charge in [0.2, 0.25) is 0 Å². The van der Waals surface area contributed by atoms with Crippen molar-refractivity contribution in [2.24, 2.45) is 0 Å². The van der Waals surface area contributed by atoms with Crippen LogP contribution in [-0.4, -0.2) is 31.6 Å². The minimum atomic E-state index is -0.507. The Bertz CT molecular complexity index is 1030. The molecule has 0 radical (unpaired) electrons. The molecule has 3 aromatic rings. The van der Waals surface area contributed by atoms with E-state index in [1.54, 1.807) is 18.2 Å². The molecule has 1 N–H and O–H groups in total. The van der Waals surface area contributed by atoms with E-state index in [1.807, 2.05) is 56.3 Å². The van der Waals surface area contributed by atoms with Gasteiger partial charge in [-0.05, 0) is 48.4 Å². The molecule has 6 heteroatoms. The van der Waals surface area contributed by atoms with Crippen LogP contribution < -0.4 is 14.8 Å². The van der Waals surface area contributed by atoms with E-state index in [-0.39, 0.29) is 19.1 Å². The lowest BCUT2D eigenvalue weighted by atomic mass is 10.1. The standard InChI is InChI=1S/C24H25NO5/c1-3-28-21-13-12-18(14-22(21)29-4-2)24(27)25-15-23(26)30-16-19-10-7-9-17-8-5-6-11-20(17)19/h5-14H,3-4,15-16H2,1-2H3,(H,25,27). The number of amides is 1. The van der Waals surface area contributed by atoms with Crippen LogP contribution in [0.25, 0.3) is 10.8 Å². The highest BCUT2D eigenvalue weighted by molar-refractivity contribution is 5.96. The molecule has 0 spiro atoms. The van der Waals surface area contributed by atoms with Crippen LogP contribution >= 0.6 is 0 Å². The fourth-order valence-electron chi connectivity index (χ4n) is 3.07. The van der Waals surface area contributed by atoms with Gasteiger partial charge in [-0.3, -0.25) is 9.59 Å². The first-order chi connectivity index (χ1) is 14.6. The van der Waals surface area contributed by atoms with Gasteiger partial charge in [0, 0.05) is 5.56 Å². The normalized spacial score (nSPS) is 10.5. The van der Waals surface area contributed by atoms with E-state index in [9.17, 15) is 9.59 Å². The topological polar surface area (TPSA) is 73.9 Å². The third-order valence-corrected chi connectivity index (χ3v) is 4.47. The Labute approximate surface area is 175 Å². The summed E-state index contributed by atoms with van der Waals surface area (Å²) in [5.74, 6) is 0.171. The molecule has 3 rings (SSSR count). The lowest BCUT2D eigenvalue weighted by Crippen LogP contribution is -2.30. The second kappa shape index (κ2) is 10.3. The van der Waals surface area contributed by atoms with Crippen molar-refractivity contribution in [3.05, 3.63) is 71.8 Å². The SMILES string of the molecule is CCOc1ccc(C(=O)NCC(=O)OCc2cccc3ccccc23)cc1OCC. The van der Waals surface area contributed by atoms with Crippen molar-refractivity contribution in [3.8, 4) is 11.5 Å². The van der Waals surface area contributed by atoms with Crippen LogP contribution in [0.4, 0.5) is 0 Å². The van der Waals surface area contributed by atoms with Gasteiger partial charge in [-0.25, -0.2) is 0 Å². The molecule has 0 aliphatic rings. The number of rotatable bonds is 9. The molecule has 156 valence electrons. The zero-order valence-corrected chi connectivity index (χ0v) is 17.1. The van der Waals surface area contributed by atoms with Crippen molar-refractivity contribution in [1.82, 2.24) is 5.32 Å². The van der Waals surface area contributed by atoms with E-state index in [1.165, 1.54) is 0 Å². The highest BCUT2D eigenvalue weighted by atomic mass is 16.5. The fraction of sp³-hybridized carbons (Fsp3) is 0.250. The minimum absolute atomic E-state index is 0.146. The number of fused-ring (bicyclic) bond motifs is 1. The van der Waals surface area contributed by atoms with Crippen molar-refractivity contribution in [2.45, 2.75) is 20.5 Å². The molecule has 0 fully saturated rings. The van der Waals surface area contributed by atoms with Crippen molar-refractivity contribution in [1.29, 1.82) is 0 Å². The molecule has 0 unspecified atom stereocenters. The molecule has 0 heterocycles. The number of hydrogen-bond acceptors (Lipinski definition) is 5. The zero-order valence-electron chi connectivity index (χ0n) is 17.1. The number of ether oxygens (including phenoxy) is 3. The summed E-state index contributed by atoms with van der Waals surface area (Å²) in [7, 11) is 0. The van der Waals surface area contributed by atoms with Crippen LogP contribution in [-0.2, 0) is 16.1 Å². The highest BCUT2D eigenvalue weighted by Crippen LogP contribution is 2.28. The Morgan fingerprint density at radius 3 is 2.40 bits per heavy atom. The first-order valence-corrected chi connectivity index (χ1v) is 9.92. The quantitative estimate of drug-likeness (QED) is 0.541. The van der Waals surface area contributed by atoms with Gasteiger partial charge in [0.15, 0.2) is 11.5 Å². The lowest BCUT2D eigenvalue weighted by molar-refractivity contribution is -0.143. The molecular formula is C24H25NO5. The van der Waals surface area contributed by atoms with Crippen LogP contribution in [0.5, 0.6) is 11.5 Å². The summed E-state index contributed by atoms with van der Waals surface area (Å²) < 4.78 is 16.4. The molecule has 6 nitrogen and oxygen atoms in total. The van der Waals surface area contributed by atoms with Crippen molar-refractivity contribution in [3.63, 3.8) is 0 Å². The van der Waals surface area contributed by atoms with Gasteiger partial charge in [-0.2, -0.15) is 0 Å². The Hall–Kier alpha value is -3.54. The van der Waals surface area contributed by atoms with Gasteiger partial charge in [0.25, 0.3) is 5.91 Å². The van der Waals surface area contributed by atoms with E-state index in [2.05, 4.69) is 5.32 Å². The molecule has 0 aliphatic carbocycles. The maximum Gasteiger partial charge on any atom is 0.325 e. The molecule has 0 saturated carbocycles. The lowest BCUT2D eigenvalue weighted by Gasteiger charge is -2.12. The van der Waals surface area contributed by atoms with E-state index < -0.39 is 5.97 Å². The third kappa shape index (κ3) is 5.29. The van der Waals surface area contributed by atoms with Crippen molar-refractivity contribution >= 4 is 22.6 Å². The second-order valence-electron chi connectivity index (χ2n) is 6.51. The number of carbonyl (C=O) groups excluding carboxylic acids is 2. The van der Waals surface area contributed by atoms with Crippen LogP contribution in [0.2, 0.25) is 0 Å². The Morgan fingerprint density at radius 2 is 1.60 bits per heavy atom. The third-order valence-electron chi connectivity index (χ3n) is 4.47. The maximum atomic E-state index is 12.4. The number of carbonyl (C=O) groups is 2. The average Bonchev–Trinajstić information content (AvgIpc) is 2.77. The second-order valence-corrected chi connectivity index (χ2v) is 6.51. The molecule has 0 bridgehead atoms. The number of esters is 1. The van der Waals surface area contributed by atoms with Gasteiger partial charge in [-0.1, -0.05) is 42.5 Å².